The molecule has 0 bridgehead atoms. The number of carbonyl (C=O) groups excluding carboxylic acids is 1. The number of carbonyl (C=O) groups is 1. The van der Waals surface area contributed by atoms with Crippen LogP contribution in [-0.2, 0) is 22.6 Å². The van der Waals surface area contributed by atoms with Gasteiger partial charge in [0.2, 0.25) is 0 Å². The van der Waals surface area contributed by atoms with Crippen LogP contribution in [0, 0.1) is 5.82 Å². The quantitative estimate of drug-likeness (QED) is 0.281. The van der Waals surface area contributed by atoms with Crippen LogP contribution in [0.15, 0.2) is 66.7 Å². The Bertz CT molecular complexity index is 1140. The maximum atomic E-state index is 13.6. The minimum absolute atomic E-state index is 0.232. The second-order valence-electron chi connectivity index (χ2n) is 9.01. The zero-order chi connectivity index (χ0) is 25.9. The van der Waals surface area contributed by atoms with Gasteiger partial charge in [-0.25, -0.2) is 14.2 Å². The van der Waals surface area contributed by atoms with Crippen LogP contribution in [0.5, 0.6) is 5.75 Å². The van der Waals surface area contributed by atoms with Crippen molar-refractivity contribution in [2.75, 3.05) is 33.4 Å². The molecule has 2 heterocycles. The number of aromatic nitrogens is 1. The number of hydrogen-bond donors (Lipinski definition) is 2. The van der Waals surface area contributed by atoms with Crippen molar-refractivity contribution in [2.24, 2.45) is 0 Å². The van der Waals surface area contributed by atoms with Crippen molar-refractivity contribution in [1.82, 2.24) is 15.6 Å². The molecule has 0 amide bonds. The van der Waals surface area contributed by atoms with E-state index in [0.717, 1.165) is 37.4 Å². The lowest BCUT2D eigenvalue weighted by Gasteiger charge is -2.33. The summed E-state index contributed by atoms with van der Waals surface area (Å²) in [5.74, 6) is 0.497. The van der Waals surface area contributed by atoms with Crippen LogP contribution in [0.4, 0.5) is 4.39 Å². The van der Waals surface area contributed by atoms with Crippen LogP contribution in [0.3, 0.4) is 0 Å². The van der Waals surface area contributed by atoms with Gasteiger partial charge in [0.05, 0.1) is 32.6 Å². The SMILES string of the molecule is COC(=O)c1cccc(CNC2CNCC[C@H]2c2ccc(OCCCOCc3ccccc3F)cc2)n1. The van der Waals surface area contributed by atoms with Crippen LogP contribution < -0.4 is 15.4 Å². The topological polar surface area (TPSA) is 81.7 Å². The summed E-state index contributed by atoms with van der Waals surface area (Å²) >= 11 is 0. The molecule has 1 unspecified atom stereocenters. The third kappa shape index (κ3) is 7.82. The Morgan fingerprint density at radius 1 is 1.08 bits per heavy atom. The summed E-state index contributed by atoms with van der Waals surface area (Å²) in [6.45, 7) is 3.68. The number of benzene rings is 2. The number of hydrogen-bond acceptors (Lipinski definition) is 7. The summed E-state index contributed by atoms with van der Waals surface area (Å²) in [4.78, 5) is 16.2. The molecule has 7 nitrogen and oxygen atoms in total. The number of rotatable bonds is 12. The summed E-state index contributed by atoms with van der Waals surface area (Å²) in [7, 11) is 1.36. The predicted octanol–water partition coefficient (Wildman–Crippen LogP) is 4.23. The van der Waals surface area contributed by atoms with Crippen molar-refractivity contribution >= 4 is 5.97 Å². The number of ether oxygens (including phenoxy) is 3. The van der Waals surface area contributed by atoms with Crippen LogP contribution in [0.25, 0.3) is 0 Å². The van der Waals surface area contributed by atoms with E-state index < -0.39 is 5.97 Å². The van der Waals surface area contributed by atoms with Crippen LogP contribution >= 0.6 is 0 Å². The second-order valence-corrected chi connectivity index (χ2v) is 9.01. The maximum Gasteiger partial charge on any atom is 0.356 e. The summed E-state index contributed by atoms with van der Waals surface area (Å²) < 4.78 is 29.8. The van der Waals surface area contributed by atoms with Gasteiger partial charge < -0.3 is 24.8 Å². The Balaban J connectivity index is 1.23. The standard InChI is InChI=1S/C29H34FN3O4/c1-35-29(34)27-9-4-7-23(33-27)18-32-28-19-31-15-14-25(28)21-10-12-24(13-11-21)37-17-5-16-36-20-22-6-2-3-8-26(22)30/h2-4,6-13,25,28,31-32H,5,14-20H2,1H3/t25-,28?/m0/s1. The molecule has 0 radical (unpaired) electrons. The zero-order valence-electron chi connectivity index (χ0n) is 21.1. The van der Waals surface area contributed by atoms with Gasteiger partial charge in [-0.2, -0.15) is 0 Å². The molecule has 2 atom stereocenters. The van der Waals surface area contributed by atoms with Crippen LogP contribution in [0.1, 0.15) is 46.1 Å². The first-order chi connectivity index (χ1) is 18.1. The van der Waals surface area contributed by atoms with Gasteiger partial charge in [0.1, 0.15) is 17.3 Å². The van der Waals surface area contributed by atoms with Gasteiger partial charge in [-0.15, -0.1) is 0 Å². The number of pyridine rings is 1. The molecule has 1 saturated heterocycles. The Morgan fingerprint density at radius 3 is 2.73 bits per heavy atom. The van der Waals surface area contributed by atoms with E-state index >= 15 is 0 Å². The van der Waals surface area contributed by atoms with E-state index in [1.807, 2.05) is 24.3 Å². The number of nitrogens with one attached hydrogen (secondary N) is 2. The maximum absolute atomic E-state index is 13.6. The van der Waals surface area contributed by atoms with E-state index in [4.69, 9.17) is 14.2 Å². The van der Waals surface area contributed by atoms with E-state index in [1.165, 1.54) is 18.7 Å². The number of methoxy groups -OCH3 is 1. The third-order valence-electron chi connectivity index (χ3n) is 6.45. The summed E-state index contributed by atoms with van der Waals surface area (Å²) in [6, 6.07) is 20.5. The van der Waals surface area contributed by atoms with Crippen molar-refractivity contribution in [1.29, 1.82) is 0 Å². The molecule has 0 saturated carbocycles. The Hall–Kier alpha value is -3.33. The molecule has 1 aromatic heterocycles. The molecule has 196 valence electrons. The number of piperidine rings is 1. The predicted molar refractivity (Wildman–Crippen MR) is 139 cm³/mol. The molecular weight excluding hydrogens is 473 g/mol. The first-order valence-electron chi connectivity index (χ1n) is 12.7. The third-order valence-corrected chi connectivity index (χ3v) is 6.45. The molecule has 0 aliphatic carbocycles. The summed E-state index contributed by atoms with van der Waals surface area (Å²) in [5, 5.41) is 7.07. The first kappa shape index (κ1) is 26.7. The number of halogens is 1. The zero-order valence-corrected chi connectivity index (χ0v) is 21.1. The lowest BCUT2D eigenvalue weighted by atomic mass is 9.86. The smallest absolute Gasteiger partial charge is 0.356 e. The Kier molecular flexibility index (Phi) is 9.99. The highest BCUT2D eigenvalue weighted by Crippen LogP contribution is 2.27. The fourth-order valence-electron chi connectivity index (χ4n) is 4.46. The average molecular weight is 508 g/mol. The summed E-state index contributed by atoms with van der Waals surface area (Å²) in [5.41, 5.74) is 2.94. The van der Waals surface area contributed by atoms with Crippen molar-refractivity contribution in [3.63, 3.8) is 0 Å². The van der Waals surface area contributed by atoms with Crippen LogP contribution in [0.2, 0.25) is 0 Å². The lowest BCUT2D eigenvalue weighted by molar-refractivity contribution is 0.0593. The first-order valence-corrected chi connectivity index (χ1v) is 12.7. The fraction of sp³-hybridized carbons (Fsp3) is 0.379. The highest BCUT2D eigenvalue weighted by Gasteiger charge is 2.26. The molecule has 2 N–H and O–H groups in total. The Morgan fingerprint density at radius 2 is 1.92 bits per heavy atom. The van der Waals surface area contributed by atoms with Crippen LogP contribution in [-0.4, -0.2) is 50.4 Å². The molecule has 1 fully saturated rings. The monoisotopic (exact) mass is 507 g/mol. The van der Waals surface area contributed by atoms with Gasteiger partial charge in [-0.05, 0) is 48.9 Å². The Labute approximate surface area is 217 Å². The molecule has 3 aromatic rings. The van der Waals surface area contributed by atoms with Crippen molar-refractivity contribution in [3.05, 3.63) is 95.1 Å². The van der Waals surface area contributed by atoms with Crippen molar-refractivity contribution in [2.45, 2.75) is 38.0 Å². The molecule has 8 heteroatoms. The van der Waals surface area contributed by atoms with Gasteiger partial charge in [0, 0.05) is 37.0 Å². The fourth-order valence-corrected chi connectivity index (χ4v) is 4.46. The number of nitrogens with zero attached hydrogens (tertiary/aromatic N) is 1. The molecular formula is C29H34FN3O4. The van der Waals surface area contributed by atoms with Gasteiger partial charge in [-0.1, -0.05) is 36.4 Å². The molecule has 0 spiro atoms. The van der Waals surface area contributed by atoms with Crippen molar-refractivity contribution < 1.29 is 23.4 Å². The lowest BCUT2D eigenvalue weighted by Crippen LogP contribution is -2.47. The van der Waals surface area contributed by atoms with E-state index in [9.17, 15) is 9.18 Å². The largest absolute Gasteiger partial charge is 0.494 e. The second kappa shape index (κ2) is 13.8. The minimum Gasteiger partial charge on any atom is -0.494 e. The highest BCUT2D eigenvalue weighted by atomic mass is 19.1. The van der Waals surface area contributed by atoms with Gasteiger partial charge in [-0.3, -0.25) is 0 Å². The average Bonchev–Trinajstić information content (AvgIpc) is 2.95. The van der Waals surface area contributed by atoms with E-state index in [2.05, 4.69) is 27.8 Å². The van der Waals surface area contributed by atoms with Gasteiger partial charge in [0.25, 0.3) is 0 Å². The molecule has 4 rings (SSSR count). The van der Waals surface area contributed by atoms with Gasteiger partial charge in [0.15, 0.2) is 0 Å². The molecule has 37 heavy (non-hydrogen) atoms. The van der Waals surface area contributed by atoms with Crippen molar-refractivity contribution in [3.8, 4) is 5.75 Å². The normalized spacial score (nSPS) is 17.4. The summed E-state index contributed by atoms with van der Waals surface area (Å²) in [6.07, 6.45) is 1.74. The molecule has 1 aliphatic heterocycles. The number of esters is 1. The highest BCUT2D eigenvalue weighted by molar-refractivity contribution is 5.87. The van der Waals surface area contributed by atoms with E-state index in [-0.39, 0.29) is 18.5 Å². The minimum atomic E-state index is -0.434. The van der Waals surface area contributed by atoms with Gasteiger partial charge >= 0.3 is 5.97 Å². The van der Waals surface area contributed by atoms with E-state index in [1.54, 1.807) is 24.3 Å². The van der Waals surface area contributed by atoms with E-state index in [0.29, 0.717) is 36.9 Å². The molecule has 2 aromatic carbocycles. The molecule has 1 aliphatic rings.